The molecule has 7 nitrogen and oxygen atoms in total. The smallest absolute Gasteiger partial charge is 0.303 e. The monoisotopic (exact) mass is 604 g/mol. The van der Waals surface area contributed by atoms with Gasteiger partial charge in [-0.2, -0.15) is 17.7 Å². The van der Waals surface area contributed by atoms with Gasteiger partial charge in [-0.05, 0) is 85.5 Å². The predicted octanol–water partition coefficient (Wildman–Crippen LogP) is 5.64. The summed E-state index contributed by atoms with van der Waals surface area (Å²) in [6.45, 7) is 10.1. The Morgan fingerprint density at radius 3 is 2.65 bits per heavy atom. The number of allylic oxidation sites excluding steroid dienone is 3. The van der Waals surface area contributed by atoms with E-state index in [0.717, 1.165) is 36.4 Å². The number of ether oxygens (including phenoxy) is 2. The SMILES string of the molecule is CC(=O)OCC(=O)C1(O)C(C)CC2C3C=C(C)C4=Cc5c(cnn5-c5ccccc5)CC4(C)C3C(OCCCS)CC21C. The van der Waals surface area contributed by atoms with Crippen molar-refractivity contribution in [3.63, 3.8) is 0 Å². The molecule has 1 heterocycles. The minimum atomic E-state index is -1.61. The van der Waals surface area contributed by atoms with Crippen LogP contribution in [0, 0.1) is 34.5 Å². The molecule has 8 heteroatoms. The molecule has 6 rings (SSSR count). The molecule has 2 fully saturated rings. The van der Waals surface area contributed by atoms with Crippen molar-refractivity contribution in [2.45, 2.75) is 72.0 Å². The van der Waals surface area contributed by atoms with Gasteiger partial charge in [0.15, 0.2) is 6.61 Å². The van der Waals surface area contributed by atoms with Gasteiger partial charge >= 0.3 is 5.97 Å². The lowest BCUT2D eigenvalue weighted by molar-refractivity contribution is -0.188. The van der Waals surface area contributed by atoms with Crippen LogP contribution in [0.3, 0.4) is 0 Å². The third-order valence-corrected chi connectivity index (χ3v) is 11.6. The summed E-state index contributed by atoms with van der Waals surface area (Å²) in [5.41, 5.74) is 3.39. The van der Waals surface area contributed by atoms with Gasteiger partial charge in [-0.3, -0.25) is 9.59 Å². The second kappa shape index (κ2) is 11.0. The van der Waals surface area contributed by atoms with Crippen LogP contribution < -0.4 is 0 Å². The number of ketones is 1. The maximum Gasteiger partial charge on any atom is 0.303 e. The van der Waals surface area contributed by atoms with Crippen molar-refractivity contribution in [1.29, 1.82) is 0 Å². The van der Waals surface area contributed by atoms with Crippen LogP contribution in [0.25, 0.3) is 11.8 Å². The molecule has 0 bridgehead atoms. The van der Waals surface area contributed by atoms with E-state index in [9.17, 15) is 14.7 Å². The largest absolute Gasteiger partial charge is 0.458 e. The van der Waals surface area contributed by atoms with E-state index in [1.54, 1.807) is 0 Å². The molecule has 0 spiro atoms. The van der Waals surface area contributed by atoms with Crippen LogP contribution in [0.1, 0.15) is 65.1 Å². The highest BCUT2D eigenvalue weighted by Gasteiger charge is 2.70. The van der Waals surface area contributed by atoms with E-state index in [4.69, 9.17) is 14.6 Å². The molecule has 0 aliphatic heterocycles. The van der Waals surface area contributed by atoms with Gasteiger partial charge < -0.3 is 14.6 Å². The topological polar surface area (TPSA) is 90.7 Å². The maximum absolute atomic E-state index is 13.7. The highest BCUT2D eigenvalue weighted by atomic mass is 32.1. The predicted molar refractivity (Wildman–Crippen MR) is 169 cm³/mol. The van der Waals surface area contributed by atoms with Crippen LogP contribution in [-0.2, 0) is 25.5 Å². The van der Waals surface area contributed by atoms with Crippen molar-refractivity contribution >= 4 is 30.5 Å². The van der Waals surface area contributed by atoms with E-state index >= 15 is 0 Å². The summed E-state index contributed by atoms with van der Waals surface area (Å²) in [6.07, 6.45) is 9.52. The van der Waals surface area contributed by atoms with Gasteiger partial charge in [-0.25, -0.2) is 4.68 Å². The minimum Gasteiger partial charge on any atom is -0.458 e. The van der Waals surface area contributed by atoms with Gasteiger partial charge in [0.25, 0.3) is 0 Å². The van der Waals surface area contributed by atoms with Gasteiger partial charge in [0.1, 0.15) is 5.60 Å². The Kier molecular flexibility index (Phi) is 7.79. The van der Waals surface area contributed by atoms with Crippen LogP contribution in [-0.4, -0.2) is 57.3 Å². The highest BCUT2D eigenvalue weighted by Crippen LogP contribution is 2.68. The second-order valence-electron chi connectivity index (χ2n) is 13.7. The van der Waals surface area contributed by atoms with Crippen molar-refractivity contribution in [1.82, 2.24) is 9.78 Å². The number of hydrogen-bond donors (Lipinski definition) is 2. The molecule has 4 aliphatic rings. The average Bonchev–Trinajstić information content (AvgIpc) is 3.47. The van der Waals surface area contributed by atoms with Crippen LogP contribution in [0.2, 0.25) is 0 Å². The maximum atomic E-state index is 13.7. The van der Waals surface area contributed by atoms with Gasteiger partial charge in [-0.1, -0.05) is 50.6 Å². The molecule has 0 amide bonds. The Morgan fingerprint density at radius 1 is 1.21 bits per heavy atom. The summed E-state index contributed by atoms with van der Waals surface area (Å²) in [5, 5.41) is 17.1. The molecule has 2 aromatic rings. The Bertz CT molecular complexity index is 1480. The number of hydrogen-bond acceptors (Lipinski definition) is 7. The van der Waals surface area contributed by atoms with Gasteiger partial charge in [0.05, 0.1) is 23.7 Å². The van der Waals surface area contributed by atoms with Crippen molar-refractivity contribution < 1.29 is 24.2 Å². The number of para-hydroxylation sites is 1. The molecule has 1 N–H and O–H groups in total. The zero-order valence-corrected chi connectivity index (χ0v) is 26.8. The fourth-order valence-corrected chi connectivity index (χ4v) is 9.59. The first-order valence-electron chi connectivity index (χ1n) is 15.6. The highest BCUT2D eigenvalue weighted by molar-refractivity contribution is 7.80. The number of carbonyl (C=O) groups is 2. The Morgan fingerprint density at radius 2 is 1.95 bits per heavy atom. The molecular formula is C35H44N2O5S. The Labute approximate surface area is 260 Å². The molecule has 8 unspecified atom stereocenters. The number of nitrogens with zero attached hydrogens (tertiary/aromatic N) is 2. The second-order valence-corrected chi connectivity index (χ2v) is 14.2. The molecule has 43 heavy (non-hydrogen) atoms. The lowest BCUT2D eigenvalue weighted by Crippen LogP contribution is -2.63. The molecule has 8 atom stereocenters. The fourth-order valence-electron chi connectivity index (χ4n) is 9.47. The summed E-state index contributed by atoms with van der Waals surface area (Å²) in [5.74, 6) is -0.130. The first-order chi connectivity index (χ1) is 20.5. The molecular weight excluding hydrogens is 560 g/mol. The van der Waals surface area contributed by atoms with Gasteiger partial charge in [0.2, 0.25) is 5.78 Å². The zero-order valence-electron chi connectivity index (χ0n) is 25.9. The van der Waals surface area contributed by atoms with Gasteiger partial charge in [-0.15, -0.1) is 0 Å². The van der Waals surface area contributed by atoms with Crippen molar-refractivity contribution in [2.24, 2.45) is 34.5 Å². The summed E-state index contributed by atoms with van der Waals surface area (Å²) >= 11 is 4.43. The molecule has 2 saturated carbocycles. The summed E-state index contributed by atoms with van der Waals surface area (Å²) < 4.78 is 13.9. The van der Waals surface area contributed by atoms with E-state index in [2.05, 4.69) is 57.7 Å². The van der Waals surface area contributed by atoms with E-state index in [1.165, 1.54) is 23.6 Å². The molecule has 1 aromatic heterocycles. The van der Waals surface area contributed by atoms with E-state index < -0.39 is 29.4 Å². The number of aromatic nitrogens is 2. The Balaban J connectivity index is 1.44. The van der Waals surface area contributed by atoms with Crippen LogP contribution >= 0.6 is 12.6 Å². The normalized spacial score (nSPS) is 36.0. The third kappa shape index (κ3) is 4.58. The standard InChI is InChI=1S/C35H44N2O5S/c1-21-14-26-28-15-22(2)35(40,31(39)20-42-23(3)38)34(28,5)18-30(41-12-9-13-43)32(26)33(4)17-24-19-36-37(29(24)16-27(21)33)25-10-7-6-8-11-25/h6-8,10-11,14,16,19,22,26,28,30,32,40,43H,9,12-13,15,17-18,20H2,1-5H3. The molecule has 230 valence electrons. The van der Waals surface area contributed by atoms with Crippen LogP contribution in [0.5, 0.6) is 0 Å². The molecule has 0 saturated heterocycles. The minimum absolute atomic E-state index is 0.0743. The number of carbonyl (C=O) groups excluding carboxylic acids is 2. The third-order valence-electron chi connectivity index (χ3n) is 11.3. The number of benzene rings is 1. The number of esters is 1. The average molecular weight is 605 g/mol. The van der Waals surface area contributed by atoms with E-state index in [0.29, 0.717) is 13.0 Å². The van der Waals surface area contributed by atoms with Crippen LogP contribution in [0.4, 0.5) is 0 Å². The fraction of sp³-hybridized carbons (Fsp3) is 0.571. The summed E-state index contributed by atoms with van der Waals surface area (Å²) in [6, 6.07) is 10.2. The van der Waals surface area contributed by atoms with Gasteiger partial charge in [0, 0.05) is 30.3 Å². The first-order valence-corrected chi connectivity index (χ1v) is 16.2. The number of rotatable bonds is 8. The number of thiol groups is 1. The lowest BCUT2D eigenvalue weighted by Gasteiger charge is -2.60. The first kappa shape index (κ1) is 30.4. The van der Waals surface area contributed by atoms with Crippen LogP contribution in [0.15, 0.2) is 53.8 Å². The summed E-state index contributed by atoms with van der Waals surface area (Å²) in [4.78, 5) is 25.2. The van der Waals surface area contributed by atoms with Crippen molar-refractivity contribution in [3.05, 3.63) is 65.0 Å². The van der Waals surface area contributed by atoms with Crippen molar-refractivity contribution in [3.8, 4) is 5.69 Å². The summed E-state index contributed by atoms with van der Waals surface area (Å²) in [7, 11) is 0. The van der Waals surface area contributed by atoms with E-state index in [-0.39, 0.29) is 35.2 Å². The quantitative estimate of drug-likeness (QED) is 0.230. The zero-order chi connectivity index (χ0) is 30.7. The molecule has 0 radical (unpaired) electrons. The molecule has 1 aromatic carbocycles. The molecule has 4 aliphatic carbocycles. The number of aliphatic hydroxyl groups is 1. The van der Waals surface area contributed by atoms with E-state index in [1.807, 2.05) is 36.0 Å². The Hall–Kier alpha value is -2.68. The number of fused-ring (bicyclic) bond motifs is 6. The number of Topliss-reactive ketones (excluding diaryl/α,β-unsaturated/α-hetero) is 1. The van der Waals surface area contributed by atoms with Crippen molar-refractivity contribution in [2.75, 3.05) is 19.0 Å². The lowest BCUT2D eigenvalue weighted by atomic mass is 9.46.